The maximum atomic E-state index is 5.20. The Kier molecular flexibility index (Phi) is 3.70. The molecule has 3 unspecified atom stereocenters. The Morgan fingerprint density at radius 1 is 1.15 bits per heavy atom. The van der Waals surface area contributed by atoms with Crippen LogP contribution in [0.15, 0.2) is 18.2 Å². The predicted molar refractivity (Wildman–Crippen MR) is 68.5 cm³/mol. The first kappa shape index (κ1) is 11.4. The first-order chi connectivity index (χ1) is 5.93. The second kappa shape index (κ2) is 4.22. The van der Waals surface area contributed by atoms with Gasteiger partial charge in [-0.1, -0.05) is 6.07 Å². The van der Waals surface area contributed by atoms with Crippen LogP contribution in [0.3, 0.4) is 0 Å². The Hall–Kier alpha value is 0.310. The molecule has 0 aliphatic rings. The van der Waals surface area contributed by atoms with Gasteiger partial charge in [-0.25, -0.2) is 0 Å². The van der Waals surface area contributed by atoms with Crippen molar-refractivity contribution in [2.75, 3.05) is 7.11 Å². The molecule has 3 atom stereocenters. The van der Waals surface area contributed by atoms with Gasteiger partial charge in [0.2, 0.25) is 0 Å². The van der Waals surface area contributed by atoms with Crippen LogP contribution < -0.4 is 4.74 Å². The highest BCUT2D eigenvalue weighted by atomic mass is 31.1. The molecule has 4 heteroatoms. The zero-order chi connectivity index (χ0) is 10.1. The minimum absolute atomic E-state index is 0.0562. The summed E-state index contributed by atoms with van der Waals surface area (Å²) in [5.74, 6) is 0.909. The third-order valence-corrected chi connectivity index (χ3v) is 2.79. The Morgan fingerprint density at radius 3 is 2.23 bits per heavy atom. The van der Waals surface area contributed by atoms with E-state index in [-0.39, 0.29) is 4.64 Å². The summed E-state index contributed by atoms with van der Waals surface area (Å²) in [6.07, 6.45) is 0. The van der Waals surface area contributed by atoms with Crippen LogP contribution in [0.5, 0.6) is 5.75 Å². The summed E-state index contributed by atoms with van der Waals surface area (Å²) in [6.45, 7) is 2.07. The molecule has 1 aromatic rings. The molecule has 0 bridgehead atoms. The fraction of sp³-hybridized carbons (Fsp3) is 0.333. The zero-order valence-electron chi connectivity index (χ0n) is 7.87. The molecule has 0 saturated carbocycles. The summed E-state index contributed by atoms with van der Waals surface area (Å²) < 4.78 is 5.15. The fourth-order valence-corrected chi connectivity index (χ4v) is 1.62. The van der Waals surface area contributed by atoms with Gasteiger partial charge in [0.05, 0.1) is 7.11 Å². The second-order valence-electron chi connectivity index (χ2n) is 3.17. The highest BCUT2D eigenvalue weighted by Gasteiger charge is 2.15. The minimum atomic E-state index is -0.0562. The molecular weight excluding hydrogens is 217 g/mol. The lowest BCUT2D eigenvalue weighted by Crippen LogP contribution is -1.98. The van der Waals surface area contributed by atoms with Crippen molar-refractivity contribution < 1.29 is 4.74 Å². The van der Waals surface area contributed by atoms with E-state index in [1.807, 2.05) is 12.1 Å². The molecule has 1 nitrogen and oxygen atoms in total. The molecule has 0 aromatic heterocycles. The van der Waals surface area contributed by atoms with Crippen LogP contribution in [0.2, 0.25) is 0 Å². The van der Waals surface area contributed by atoms with Crippen LogP contribution in [0, 0.1) is 6.92 Å². The molecule has 1 aromatic carbocycles. The van der Waals surface area contributed by atoms with Crippen LogP contribution in [0.1, 0.15) is 11.1 Å². The summed E-state index contributed by atoms with van der Waals surface area (Å²) in [6, 6.07) is 6.21. The van der Waals surface area contributed by atoms with Crippen molar-refractivity contribution >= 4 is 27.7 Å². The number of ether oxygens (including phenoxy) is 1. The molecule has 0 aliphatic heterocycles. The largest absolute Gasteiger partial charge is 0.497 e. The van der Waals surface area contributed by atoms with E-state index < -0.39 is 0 Å². The zero-order valence-corrected chi connectivity index (χ0v) is 11.3. The Labute approximate surface area is 86.6 Å². The highest BCUT2D eigenvalue weighted by molar-refractivity contribution is 7.56. The van der Waals surface area contributed by atoms with Gasteiger partial charge in [-0.2, -0.15) is 0 Å². The Morgan fingerprint density at radius 2 is 1.77 bits per heavy atom. The normalized spacial score (nSPS) is 11.5. The number of aryl methyl sites for hydroxylation is 1. The minimum Gasteiger partial charge on any atom is -0.497 e. The average Bonchev–Trinajstić information content (AvgIpc) is 2.01. The maximum absolute atomic E-state index is 5.20. The molecule has 0 amide bonds. The summed E-state index contributed by atoms with van der Waals surface area (Å²) in [5.41, 5.74) is 2.43. The summed E-state index contributed by atoms with van der Waals surface area (Å²) in [4.78, 5) is 0. The Bertz CT molecular complexity index is 304. The molecule has 0 aliphatic carbocycles. The van der Waals surface area contributed by atoms with Crippen LogP contribution in [0.25, 0.3) is 0 Å². The smallest absolute Gasteiger partial charge is 0.119 e. The lowest BCUT2D eigenvalue weighted by Gasteiger charge is -2.19. The number of methoxy groups -OCH3 is 1. The molecule has 72 valence electrons. The van der Waals surface area contributed by atoms with Gasteiger partial charge in [0, 0.05) is 4.64 Å². The average molecular weight is 232 g/mol. The van der Waals surface area contributed by atoms with Gasteiger partial charge < -0.3 is 4.74 Å². The van der Waals surface area contributed by atoms with Gasteiger partial charge in [0.25, 0.3) is 0 Å². The van der Waals surface area contributed by atoms with Crippen molar-refractivity contribution in [2.45, 2.75) is 11.6 Å². The SMILES string of the molecule is COc1cc(C)cc(C(P)(P)P)c1. The van der Waals surface area contributed by atoms with Crippen molar-refractivity contribution in [3.63, 3.8) is 0 Å². The second-order valence-corrected chi connectivity index (χ2v) is 8.04. The quantitative estimate of drug-likeness (QED) is 0.712. The maximum Gasteiger partial charge on any atom is 0.119 e. The van der Waals surface area contributed by atoms with Crippen LogP contribution in [-0.4, -0.2) is 7.11 Å². The van der Waals surface area contributed by atoms with E-state index in [9.17, 15) is 0 Å². The number of hydrogen-bond donors (Lipinski definition) is 0. The van der Waals surface area contributed by atoms with Crippen molar-refractivity contribution in [3.8, 4) is 5.75 Å². The molecule has 0 fully saturated rings. The molecule has 0 N–H and O–H groups in total. The van der Waals surface area contributed by atoms with Crippen molar-refractivity contribution in [3.05, 3.63) is 29.3 Å². The molecule has 1 rings (SSSR count). The first-order valence-corrected chi connectivity index (χ1v) is 5.69. The summed E-state index contributed by atoms with van der Waals surface area (Å²) in [5, 5.41) is 0. The standard InChI is InChI=1S/C9H15OP3/c1-6-3-7(9(11,12)13)5-8(4-6)10-2/h3-5H,11-13H2,1-2H3. The monoisotopic (exact) mass is 232 g/mol. The predicted octanol–water partition coefficient (Wildman–Crippen LogP) is 2.74. The highest BCUT2D eigenvalue weighted by Crippen LogP contribution is 2.46. The molecular formula is C9H15OP3. The molecule has 0 saturated heterocycles. The third kappa shape index (κ3) is 3.17. The molecule has 13 heavy (non-hydrogen) atoms. The molecule has 0 spiro atoms. The van der Waals surface area contributed by atoms with Crippen molar-refractivity contribution in [1.29, 1.82) is 0 Å². The van der Waals surface area contributed by atoms with Gasteiger partial charge in [-0.3, -0.25) is 0 Å². The van der Waals surface area contributed by atoms with Gasteiger partial charge >= 0.3 is 0 Å². The van der Waals surface area contributed by atoms with Gasteiger partial charge in [0.15, 0.2) is 0 Å². The lowest BCUT2D eigenvalue weighted by atomic mass is 10.1. The van der Waals surface area contributed by atoms with E-state index in [1.54, 1.807) is 7.11 Å². The van der Waals surface area contributed by atoms with Gasteiger partial charge in [-0.05, 0) is 30.2 Å². The topological polar surface area (TPSA) is 9.23 Å². The summed E-state index contributed by atoms with van der Waals surface area (Å²) >= 11 is 0. The number of benzene rings is 1. The van der Waals surface area contributed by atoms with Crippen LogP contribution in [0.4, 0.5) is 0 Å². The van der Waals surface area contributed by atoms with E-state index in [1.165, 1.54) is 11.1 Å². The van der Waals surface area contributed by atoms with Gasteiger partial charge in [-0.15, -0.1) is 27.7 Å². The van der Waals surface area contributed by atoms with E-state index in [0.717, 1.165) is 5.75 Å². The van der Waals surface area contributed by atoms with E-state index in [2.05, 4.69) is 40.7 Å². The number of hydrogen-bond acceptors (Lipinski definition) is 1. The summed E-state index contributed by atoms with van der Waals surface area (Å²) in [7, 11) is 9.99. The molecule has 0 radical (unpaired) electrons. The van der Waals surface area contributed by atoms with Crippen LogP contribution >= 0.6 is 27.7 Å². The van der Waals surface area contributed by atoms with Crippen molar-refractivity contribution in [2.24, 2.45) is 0 Å². The fourth-order valence-electron chi connectivity index (χ4n) is 1.12. The van der Waals surface area contributed by atoms with E-state index in [4.69, 9.17) is 4.74 Å². The van der Waals surface area contributed by atoms with E-state index >= 15 is 0 Å². The first-order valence-electron chi connectivity index (χ1n) is 3.96. The van der Waals surface area contributed by atoms with Gasteiger partial charge in [0.1, 0.15) is 5.75 Å². The Balaban J connectivity index is 3.16. The van der Waals surface area contributed by atoms with Crippen molar-refractivity contribution in [1.82, 2.24) is 0 Å². The number of rotatable bonds is 2. The molecule has 0 heterocycles. The van der Waals surface area contributed by atoms with E-state index in [0.29, 0.717) is 0 Å². The van der Waals surface area contributed by atoms with Crippen LogP contribution in [-0.2, 0) is 4.64 Å². The lowest BCUT2D eigenvalue weighted by molar-refractivity contribution is 0.414. The third-order valence-electron chi connectivity index (χ3n) is 1.79.